The van der Waals surface area contributed by atoms with E-state index in [2.05, 4.69) is 5.32 Å². The molecule has 5 nitrogen and oxygen atoms in total. The zero-order chi connectivity index (χ0) is 14.4. The zero-order valence-corrected chi connectivity index (χ0v) is 10.6. The van der Waals surface area contributed by atoms with Crippen LogP contribution in [0, 0.1) is 11.7 Å². The Morgan fingerprint density at radius 2 is 2.16 bits per heavy atom. The highest BCUT2D eigenvalue weighted by atomic mass is 19.1. The predicted octanol–water partition coefficient (Wildman–Crippen LogP) is 1.84. The fourth-order valence-electron chi connectivity index (χ4n) is 1.61. The van der Waals surface area contributed by atoms with Crippen molar-refractivity contribution in [2.24, 2.45) is 11.7 Å². The van der Waals surface area contributed by atoms with Crippen molar-refractivity contribution in [3.8, 4) is 0 Å². The second kappa shape index (κ2) is 6.84. The summed E-state index contributed by atoms with van der Waals surface area (Å²) in [6.07, 6.45) is 1.33. The van der Waals surface area contributed by atoms with Crippen LogP contribution in [0.2, 0.25) is 0 Å². The van der Waals surface area contributed by atoms with E-state index in [1.807, 2.05) is 0 Å². The molecule has 0 saturated carbocycles. The van der Waals surface area contributed by atoms with Crippen LogP contribution in [0.5, 0.6) is 0 Å². The number of hydrogen-bond acceptors (Lipinski definition) is 3. The minimum Gasteiger partial charge on any atom is -0.478 e. The van der Waals surface area contributed by atoms with Crippen molar-refractivity contribution in [2.45, 2.75) is 19.8 Å². The van der Waals surface area contributed by atoms with Crippen LogP contribution < -0.4 is 11.1 Å². The first-order valence-electron chi connectivity index (χ1n) is 5.99. The fraction of sp³-hybridized carbons (Fsp3) is 0.385. The van der Waals surface area contributed by atoms with Gasteiger partial charge in [0.15, 0.2) is 0 Å². The van der Waals surface area contributed by atoms with Crippen LogP contribution in [0.15, 0.2) is 18.2 Å². The Morgan fingerprint density at radius 1 is 1.47 bits per heavy atom. The van der Waals surface area contributed by atoms with Gasteiger partial charge >= 0.3 is 5.97 Å². The van der Waals surface area contributed by atoms with Crippen molar-refractivity contribution in [3.05, 3.63) is 29.6 Å². The molecule has 1 amide bonds. The second-order valence-corrected chi connectivity index (χ2v) is 4.32. The van der Waals surface area contributed by atoms with Crippen molar-refractivity contribution in [2.75, 3.05) is 11.9 Å². The molecule has 0 heterocycles. The smallest absolute Gasteiger partial charge is 0.337 e. The Morgan fingerprint density at radius 3 is 2.74 bits per heavy atom. The van der Waals surface area contributed by atoms with Gasteiger partial charge in [0.2, 0.25) is 5.91 Å². The standard InChI is InChI=1S/C13H17FN2O3/c1-8(3-2-6-15)12(17)16-11-5-4-9(14)7-10(11)13(18)19/h4-5,7-8H,2-3,6,15H2,1H3,(H,16,17)(H,18,19). The van der Waals surface area contributed by atoms with E-state index in [0.717, 1.165) is 12.1 Å². The van der Waals surface area contributed by atoms with Crippen molar-refractivity contribution in [3.63, 3.8) is 0 Å². The number of benzene rings is 1. The summed E-state index contributed by atoms with van der Waals surface area (Å²) in [5.74, 6) is -2.53. The van der Waals surface area contributed by atoms with Crippen molar-refractivity contribution in [1.29, 1.82) is 0 Å². The van der Waals surface area contributed by atoms with Crippen LogP contribution in [0.1, 0.15) is 30.1 Å². The summed E-state index contributed by atoms with van der Waals surface area (Å²) in [5.41, 5.74) is 5.19. The van der Waals surface area contributed by atoms with E-state index in [1.165, 1.54) is 6.07 Å². The number of aromatic carboxylic acids is 1. The van der Waals surface area contributed by atoms with E-state index >= 15 is 0 Å². The molecule has 6 heteroatoms. The van der Waals surface area contributed by atoms with Gasteiger partial charge in [-0.05, 0) is 37.6 Å². The lowest BCUT2D eigenvalue weighted by Crippen LogP contribution is -2.22. The number of anilines is 1. The highest BCUT2D eigenvalue weighted by molar-refractivity contribution is 6.01. The van der Waals surface area contributed by atoms with Crippen LogP contribution in [-0.4, -0.2) is 23.5 Å². The Bertz CT molecular complexity index is 477. The first kappa shape index (κ1) is 15.1. The average molecular weight is 268 g/mol. The summed E-state index contributed by atoms with van der Waals surface area (Å²) in [6, 6.07) is 3.22. The van der Waals surface area contributed by atoms with Gasteiger partial charge in [-0.25, -0.2) is 9.18 Å². The molecule has 0 saturated heterocycles. The van der Waals surface area contributed by atoms with Crippen LogP contribution in [0.25, 0.3) is 0 Å². The summed E-state index contributed by atoms with van der Waals surface area (Å²) >= 11 is 0. The SMILES string of the molecule is CC(CCCN)C(=O)Nc1ccc(F)cc1C(=O)O. The molecule has 0 aromatic heterocycles. The molecule has 0 bridgehead atoms. The summed E-state index contributed by atoms with van der Waals surface area (Å²) in [5, 5.41) is 11.4. The third kappa shape index (κ3) is 4.33. The number of halogens is 1. The molecule has 0 aliphatic carbocycles. The Balaban J connectivity index is 2.81. The molecule has 1 aromatic rings. The number of amides is 1. The Labute approximate surface area is 110 Å². The molecule has 1 rings (SSSR count). The maximum Gasteiger partial charge on any atom is 0.337 e. The van der Waals surface area contributed by atoms with Gasteiger partial charge in [0.25, 0.3) is 0 Å². The summed E-state index contributed by atoms with van der Waals surface area (Å²) in [6.45, 7) is 2.23. The summed E-state index contributed by atoms with van der Waals surface area (Å²) in [7, 11) is 0. The molecule has 0 aliphatic heterocycles. The molecular formula is C13H17FN2O3. The quantitative estimate of drug-likeness (QED) is 0.734. The van der Waals surface area contributed by atoms with Crippen molar-refractivity contribution < 1.29 is 19.1 Å². The molecule has 0 radical (unpaired) electrons. The maximum atomic E-state index is 13.0. The topological polar surface area (TPSA) is 92.4 Å². The number of nitrogens with one attached hydrogen (secondary N) is 1. The van der Waals surface area contributed by atoms with E-state index in [1.54, 1.807) is 6.92 Å². The molecule has 0 spiro atoms. The number of nitrogens with two attached hydrogens (primary N) is 1. The number of carbonyl (C=O) groups excluding carboxylic acids is 1. The number of hydrogen-bond donors (Lipinski definition) is 3. The average Bonchev–Trinajstić information content (AvgIpc) is 2.37. The first-order chi connectivity index (χ1) is 8.95. The van der Waals surface area contributed by atoms with Gasteiger partial charge in [-0.1, -0.05) is 6.92 Å². The van der Waals surface area contributed by atoms with Gasteiger partial charge in [-0.15, -0.1) is 0 Å². The van der Waals surface area contributed by atoms with Gasteiger partial charge in [-0.2, -0.15) is 0 Å². The van der Waals surface area contributed by atoms with Gasteiger partial charge in [0, 0.05) is 5.92 Å². The third-order valence-electron chi connectivity index (χ3n) is 2.76. The number of carboxylic acid groups (broad SMARTS) is 1. The number of carboxylic acids is 1. The van der Waals surface area contributed by atoms with Crippen molar-refractivity contribution >= 4 is 17.6 Å². The van der Waals surface area contributed by atoms with Crippen LogP contribution in [-0.2, 0) is 4.79 Å². The molecule has 1 aromatic carbocycles. The summed E-state index contributed by atoms with van der Waals surface area (Å²) < 4.78 is 13.0. The van der Waals surface area contributed by atoms with E-state index in [0.29, 0.717) is 19.4 Å². The van der Waals surface area contributed by atoms with Crippen LogP contribution in [0.4, 0.5) is 10.1 Å². The minimum absolute atomic E-state index is 0.0958. The maximum absolute atomic E-state index is 13.0. The minimum atomic E-state index is -1.29. The molecule has 19 heavy (non-hydrogen) atoms. The fourth-order valence-corrected chi connectivity index (χ4v) is 1.61. The van der Waals surface area contributed by atoms with Gasteiger partial charge in [-0.3, -0.25) is 4.79 Å². The van der Waals surface area contributed by atoms with Gasteiger partial charge < -0.3 is 16.2 Å². The van der Waals surface area contributed by atoms with Crippen molar-refractivity contribution in [1.82, 2.24) is 0 Å². The molecule has 0 fully saturated rings. The number of rotatable bonds is 6. The highest BCUT2D eigenvalue weighted by Gasteiger charge is 2.17. The number of carbonyl (C=O) groups is 2. The van der Waals surface area contributed by atoms with Gasteiger partial charge in [0.05, 0.1) is 11.3 Å². The summed E-state index contributed by atoms with van der Waals surface area (Å²) in [4.78, 5) is 22.8. The molecule has 4 N–H and O–H groups in total. The Kier molecular flexibility index (Phi) is 5.44. The first-order valence-corrected chi connectivity index (χ1v) is 5.99. The van der Waals surface area contributed by atoms with E-state index < -0.39 is 11.8 Å². The molecule has 104 valence electrons. The molecule has 1 unspecified atom stereocenters. The molecular weight excluding hydrogens is 251 g/mol. The second-order valence-electron chi connectivity index (χ2n) is 4.32. The lowest BCUT2D eigenvalue weighted by molar-refractivity contribution is -0.119. The van der Waals surface area contributed by atoms with E-state index in [4.69, 9.17) is 10.8 Å². The predicted molar refractivity (Wildman–Crippen MR) is 69.4 cm³/mol. The monoisotopic (exact) mass is 268 g/mol. The van der Waals surface area contributed by atoms with Gasteiger partial charge in [0.1, 0.15) is 5.82 Å². The normalized spacial score (nSPS) is 11.9. The highest BCUT2D eigenvalue weighted by Crippen LogP contribution is 2.18. The molecule has 1 atom stereocenters. The van der Waals surface area contributed by atoms with Crippen LogP contribution in [0.3, 0.4) is 0 Å². The zero-order valence-electron chi connectivity index (χ0n) is 10.6. The lowest BCUT2D eigenvalue weighted by atomic mass is 10.0. The Hall–Kier alpha value is -1.95. The largest absolute Gasteiger partial charge is 0.478 e. The third-order valence-corrected chi connectivity index (χ3v) is 2.76. The van der Waals surface area contributed by atoms with E-state index in [-0.39, 0.29) is 23.1 Å². The van der Waals surface area contributed by atoms with Crippen LogP contribution >= 0.6 is 0 Å². The van der Waals surface area contributed by atoms with E-state index in [9.17, 15) is 14.0 Å². The lowest BCUT2D eigenvalue weighted by Gasteiger charge is -2.13. The molecule has 0 aliphatic rings.